The highest BCUT2D eigenvalue weighted by Gasteiger charge is 2.13. The molecule has 5 nitrogen and oxygen atoms in total. The molecular formula is C18H15NO4. The smallest absolute Gasteiger partial charge is 0.234 e. The van der Waals surface area contributed by atoms with Gasteiger partial charge in [0.25, 0.3) is 0 Å². The largest absolute Gasteiger partial charge is 0.508 e. The first kappa shape index (κ1) is 14.7. The summed E-state index contributed by atoms with van der Waals surface area (Å²) in [6.07, 6.45) is 0. The van der Waals surface area contributed by atoms with Gasteiger partial charge in [-0.05, 0) is 48.5 Å². The zero-order valence-electron chi connectivity index (χ0n) is 12.2. The first-order chi connectivity index (χ1) is 11.3. The molecule has 5 heteroatoms. The second kappa shape index (κ2) is 7.20. The summed E-state index contributed by atoms with van der Waals surface area (Å²) >= 11 is 0. The molecule has 0 unspecified atom stereocenters. The number of phenolic OH excluding ortho intramolecular Hbond substituents is 1. The van der Waals surface area contributed by atoms with Crippen molar-refractivity contribution in [2.45, 2.75) is 0 Å². The molecule has 3 rings (SSSR count). The molecule has 0 saturated heterocycles. The maximum Gasteiger partial charge on any atom is 0.234 e. The Labute approximate surface area is 133 Å². The van der Waals surface area contributed by atoms with Crippen molar-refractivity contribution in [1.82, 2.24) is 5.39 Å². The Hall–Kier alpha value is -3.18. The van der Waals surface area contributed by atoms with E-state index in [2.05, 4.69) is 0 Å². The summed E-state index contributed by atoms with van der Waals surface area (Å²) in [7, 11) is 0. The highest BCUT2D eigenvalue weighted by molar-refractivity contribution is 5.30. The van der Waals surface area contributed by atoms with E-state index in [-0.39, 0.29) is 5.75 Å². The first-order valence-corrected chi connectivity index (χ1v) is 7.03. The third-order valence-corrected chi connectivity index (χ3v) is 2.86. The molecule has 0 bridgehead atoms. The van der Waals surface area contributed by atoms with Crippen LogP contribution in [0.25, 0.3) is 0 Å². The minimum absolute atomic E-state index is 0.150. The number of hydrogen-bond donors (Lipinski definition) is 1. The van der Waals surface area contributed by atoms with Gasteiger partial charge in [-0.25, -0.2) is 0 Å². The van der Waals surface area contributed by atoms with E-state index in [0.29, 0.717) is 17.2 Å². The van der Waals surface area contributed by atoms with Gasteiger partial charge in [0, 0.05) is 0 Å². The molecule has 3 aromatic carbocycles. The number of benzene rings is 3. The highest BCUT2D eigenvalue weighted by atomic mass is 17.2. The van der Waals surface area contributed by atoms with Crippen LogP contribution >= 0.6 is 0 Å². The normalized spacial score (nSPS) is 10.3. The van der Waals surface area contributed by atoms with Gasteiger partial charge in [-0.15, -0.1) is 0 Å². The number of hydrogen-bond acceptors (Lipinski definition) is 5. The molecule has 1 N–H and O–H groups in total. The standard InChI is InChI=1S/C18H15NO4/c20-15-11-13-18(14-12-15)23-19(21-16-7-3-1-4-8-16)22-17-9-5-2-6-10-17/h1-14,20H. The molecule has 0 aromatic heterocycles. The van der Waals surface area contributed by atoms with E-state index in [4.69, 9.17) is 14.5 Å². The van der Waals surface area contributed by atoms with Gasteiger partial charge in [-0.2, -0.15) is 0 Å². The molecule has 0 spiro atoms. The fourth-order valence-electron chi connectivity index (χ4n) is 1.78. The maximum absolute atomic E-state index is 9.33. The van der Waals surface area contributed by atoms with Crippen molar-refractivity contribution in [3.05, 3.63) is 84.9 Å². The van der Waals surface area contributed by atoms with Gasteiger partial charge in [0.15, 0.2) is 17.2 Å². The van der Waals surface area contributed by atoms with E-state index in [1.54, 1.807) is 36.4 Å². The highest BCUT2D eigenvalue weighted by Crippen LogP contribution is 2.20. The Balaban J connectivity index is 1.76. The van der Waals surface area contributed by atoms with Crippen LogP contribution in [0.5, 0.6) is 23.0 Å². The van der Waals surface area contributed by atoms with Crippen molar-refractivity contribution < 1.29 is 19.6 Å². The van der Waals surface area contributed by atoms with E-state index < -0.39 is 0 Å². The van der Waals surface area contributed by atoms with Crippen LogP contribution < -0.4 is 14.5 Å². The summed E-state index contributed by atoms with van der Waals surface area (Å²) in [5.41, 5.74) is 0. The fraction of sp³-hybridized carbons (Fsp3) is 0. The van der Waals surface area contributed by atoms with Gasteiger partial charge < -0.3 is 19.6 Å². The fourth-order valence-corrected chi connectivity index (χ4v) is 1.78. The van der Waals surface area contributed by atoms with Crippen LogP contribution in [-0.2, 0) is 0 Å². The Morgan fingerprint density at radius 2 is 0.913 bits per heavy atom. The lowest BCUT2D eigenvalue weighted by atomic mass is 10.3. The maximum atomic E-state index is 9.33. The number of nitrogens with zero attached hydrogens (tertiary/aromatic N) is 1. The average molecular weight is 309 g/mol. The van der Waals surface area contributed by atoms with Crippen LogP contribution in [0.15, 0.2) is 84.9 Å². The molecule has 0 amide bonds. The van der Waals surface area contributed by atoms with Gasteiger partial charge in [-0.3, -0.25) is 0 Å². The van der Waals surface area contributed by atoms with Crippen molar-refractivity contribution in [1.29, 1.82) is 0 Å². The van der Waals surface area contributed by atoms with Gasteiger partial charge in [0.05, 0.1) is 0 Å². The first-order valence-electron chi connectivity index (χ1n) is 7.03. The summed E-state index contributed by atoms with van der Waals surface area (Å²) in [4.78, 5) is 16.7. The lowest BCUT2D eigenvalue weighted by Gasteiger charge is -2.20. The summed E-state index contributed by atoms with van der Waals surface area (Å²) in [5.74, 6) is 1.72. The third kappa shape index (κ3) is 4.39. The molecule has 0 atom stereocenters. The minimum Gasteiger partial charge on any atom is -0.508 e. The predicted molar refractivity (Wildman–Crippen MR) is 84.7 cm³/mol. The van der Waals surface area contributed by atoms with Crippen LogP contribution in [0, 0.1) is 0 Å². The molecule has 116 valence electrons. The summed E-state index contributed by atoms with van der Waals surface area (Å²) in [6.45, 7) is 0. The molecule has 0 saturated carbocycles. The van der Waals surface area contributed by atoms with Crippen LogP contribution in [0.3, 0.4) is 0 Å². The van der Waals surface area contributed by atoms with Crippen LogP contribution in [0.4, 0.5) is 0 Å². The van der Waals surface area contributed by atoms with Crippen molar-refractivity contribution in [2.75, 3.05) is 0 Å². The molecule has 0 aliphatic rings. The van der Waals surface area contributed by atoms with E-state index in [0.717, 1.165) is 5.39 Å². The van der Waals surface area contributed by atoms with Crippen LogP contribution in [-0.4, -0.2) is 10.5 Å². The van der Waals surface area contributed by atoms with Crippen molar-refractivity contribution >= 4 is 0 Å². The van der Waals surface area contributed by atoms with Crippen molar-refractivity contribution in [3.63, 3.8) is 0 Å². The van der Waals surface area contributed by atoms with Gasteiger partial charge in [0.1, 0.15) is 5.75 Å². The summed E-state index contributed by atoms with van der Waals surface area (Å²) in [5, 5.41) is 10.2. The Bertz CT molecular complexity index is 676. The average Bonchev–Trinajstić information content (AvgIpc) is 2.59. The number of rotatable bonds is 6. The van der Waals surface area contributed by atoms with E-state index in [9.17, 15) is 5.11 Å². The zero-order valence-corrected chi connectivity index (χ0v) is 12.2. The van der Waals surface area contributed by atoms with Gasteiger partial charge >= 0.3 is 0 Å². The molecule has 0 fully saturated rings. The van der Waals surface area contributed by atoms with E-state index in [1.807, 2.05) is 36.4 Å². The number of aromatic hydroxyl groups is 1. The summed E-state index contributed by atoms with van der Waals surface area (Å²) < 4.78 is 0. The topological polar surface area (TPSA) is 51.2 Å². The second-order valence-corrected chi connectivity index (χ2v) is 4.62. The van der Waals surface area contributed by atoms with E-state index >= 15 is 0 Å². The Morgan fingerprint density at radius 3 is 1.35 bits per heavy atom. The molecule has 23 heavy (non-hydrogen) atoms. The molecule has 3 aromatic rings. The van der Waals surface area contributed by atoms with E-state index in [1.165, 1.54) is 12.1 Å². The second-order valence-electron chi connectivity index (χ2n) is 4.62. The lowest BCUT2D eigenvalue weighted by molar-refractivity contribution is -0.408. The molecule has 0 aliphatic heterocycles. The Kier molecular flexibility index (Phi) is 4.61. The quantitative estimate of drug-likeness (QED) is 0.698. The van der Waals surface area contributed by atoms with Gasteiger partial charge in [0.2, 0.25) is 5.39 Å². The predicted octanol–water partition coefficient (Wildman–Crippen LogP) is 3.98. The monoisotopic (exact) mass is 309 g/mol. The number of phenols is 1. The lowest BCUT2D eigenvalue weighted by Crippen LogP contribution is -2.34. The van der Waals surface area contributed by atoms with Crippen molar-refractivity contribution in [2.24, 2.45) is 0 Å². The third-order valence-electron chi connectivity index (χ3n) is 2.86. The van der Waals surface area contributed by atoms with Gasteiger partial charge in [-0.1, -0.05) is 36.4 Å². The zero-order chi connectivity index (χ0) is 15.9. The summed E-state index contributed by atoms with van der Waals surface area (Å²) in [6, 6.07) is 24.5. The van der Waals surface area contributed by atoms with Crippen LogP contribution in [0.1, 0.15) is 0 Å². The van der Waals surface area contributed by atoms with Crippen molar-refractivity contribution in [3.8, 4) is 23.0 Å². The molecule has 0 radical (unpaired) electrons. The molecule has 0 aliphatic carbocycles. The van der Waals surface area contributed by atoms with Crippen LogP contribution in [0.2, 0.25) is 0 Å². The Morgan fingerprint density at radius 1 is 0.522 bits per heavy atom. The minimum atomic E-state index is 0.150. The molecule has 0 heterocycles. The number of para-hydroxylation sites is 2. The SMILES string of the molecule is Oc1ccc(ON(Oc2ccccc2)Oc2ccccc2)cc1. The molecular weight excluding hydrogens is 294 g/mol.